The van der Waals surface area contributed by atoms with Gasteiger partial charge in [0.15, 0.2) is 0 Å². The number of anilines is 1. The molecule has 3 aromatic heterocycles. The summed E-state index contributed by atoms with van der Waals surface area (Å²) in [5, 5.41) is 8.24. The van der Waals surface area contributed by atoms with Crippen LogP contribution >= 0.6 is 11.8 Å². The molecule has 7 heteroatoms. The van der Waals surface area contributed by atoms with Crippen LogP contribution in [-0.2, 0) is 4.74 Å². The number of nitrogens with one attached hydrogen (secondary N) is 1. The number of pyridine rings is 2. The lowest BCUT2D eigenvalue weighted by Gasteiger charge is -2.29. The van der Waals surface area contributed by atoms with Gasteiger partial charge in [0.05, 0.1) is 18.9 Å². The molecule has 0 amide bonds. The molecule has 0 unspecified atom stereocenters. The van der Waals surface area contributed by atoms with E-state index in [2.05, 4.69) is 51.3 Å². The monoisotopic (exact) mass is 391 g/mol. The third-order valence-electron chi connectivity index (χ3n) is 5.05. The zero-order valence-corrected chi connectivity index (χ0v) is 16.5. The number of ether oxygens (including phenoxy) is 1. The maximum atomic E-state index is 5.53. The first-order valence-corrected chi connectivity index (χ1v) is 10.4. The Balaban J connectivity index is 1.74. The second kappa shape index (κ2) is 7.41. The standard InChI is InChI=1S/C21H21N5OS/c1-14-2-3-18(28-13-14)16-12-19(26-8-10-27-11-9-26)24-20-15(16)4-6-22-21(20)17-5-7-23-25-17/h2-7,12H,8-11,13H2,1H3,(H,23,25). The summed E-state index contributed by atoms with van der Waals surface area (Å²) in [5.41, 5.74) is 5.21. The maximum Gasteiger partial charge on any atom is 0.130 e. The number of nitrogens with zero attached hydrogens (tertiary/aromatic N) is 4. The third kappa shape index (κ3) is 3.21. The fourth-order valence-corrected chi connectivity index (χ4v) is 4.52. The van der Waals surface area contributed by atoms with E-state index in [0.717, 1.165) is 60.2 Å². The first-order chi connectivity index (χ1) is 13.8. The van der Waals surface area contributed by atoms with Crippen LogP contribution < -0.4 is 4.90 Å². The van der Waals surface area contributed by atoms with Crippen molar-refractivity contribution in [2.45, 2.75) is 6.92 Å². The van der Waals surface area contributed by atoms with Gasteiger partial charge in [-0.15, -0.1) is 11.8 Å². The molecule has 0 aliphatic carbocycles. The van der Waals surface area contributed by atoms with Gasteiger partial charge in [-0.3, -0.25) is 10.1 Å². The van der Waals surface area contributed by atoms with Crippen LogP contribution in [0.1, 0.15) is 12.5 Å². The largest absolute Gasteiger partial charge is 0.378 e. The molecule has 2 aliphatic rings. The summed E-state index contributed by atoms with van der Waals surface area (Å²) in [5.74, 6) is 1.99. The Hall–Kier alpha value is -2.64. The number of H-pyrrole nitrogens is 1. The zero-order valence-electron chi connectivity index (χ0n) is 15.7. The van der Waals surface area contributed by atoms with E-state index in [1.807, 2.05) is 24.0 Å². The molecule has 0 bridgehead atoms. The number of allylic oxidation sites excluding steroid dienone is 2. The number of aromatic nitrogens is 4. The van der Waals surface area contributed by atoms with Crippen molar-refractivity contribution in [2.24, 2.45) is 0 Å². The Labute approximate surface area is 167 Å². The van der Waals surface area contributed by atoms with Gasteiger partial charge in [-0.2, -0.15) is 5.10 Å². The van der Waals surface area contributed by atoms with Gasteiger partial charge in [0.2, 0.25) is 0 Å². The van der Waals surface area contributed by atoms with Gasteiger partial charge >= 0.3 is 0 Å². The Morgan fingerprint density at radius 3 is 2.79 bits per heavy atom. The topological polar surface area (TPSA) is 66.9 Å². The predicted molar refractivity (Wildman–Crippen MR) is 114 cm³/mol. The average molecular weight is 392 g/mol. The molecule has 0 atom stereocenters. The average Bonchev–Trinajstić information content (AvgIpc) is 3.28. The number of hydrogen-bond acceptors (Lipinski definition) is 6. The maximum absolute atomic E-state index is 5.53. The number of rotatable bonds is 3. The van der Waals surface area contributed by atoms with Gasteiger partial charge in [0.25, 0.3) is 0 Å². The van der Waals surface area contributed by atoms with E-state index in [-0.39, 0.29) is 0 Å². The minimum atomic E-state index is 0.731. The number of aromatic amines is 1. The lowest BCUT2D eigenvalue weighted by atomic mass is 10.1. The Bertz CT molecular complexity index is 1070. The van der Waals surface area contributed by atoms with Gasteiger partial charge in [0.1, 0.15) is 17.0 Å². The predicted octanol–water partition coefficient (Wildman–Crippen LogP) is 3.89. The molecular weight excluding hydrogens is 370 g/mol. The van der Waals surface area contributed by atoms with Gasteiger partial charge in [-0.25, -0.2) is 4.98 Å². The summed E-state index contributed by atoms with van der Waals surface area (Å²) < 4.78 is 5.53. The molecule has 2 aliphatic heterocycles. The molecule has 5 heterocycles. The Kier molecular flexibility index (Phi) is 4.62. The molecular formula is C21H21N5OS. The van der Waals surface area contributed by atoms with Crippen molar-refractivity contribution in [1.29, 1.82) is 0 Å². The van der Waals surface area contributed by atoms with E-state index in [0.29, 0.717) is 0 Å². The number of hydrogen-bond donors (Lipinski definition) is 1. The molecule has 6 nitrogen and oxygen atoms in total. The van der Waals surface area contributed by atoms with Crippen molar-refractivity contribution < 1.29 is 4.74 Å². The molecule has 0 spiro atoms. The fourth-order valence-electron chi connectivity index (χ4n) is 3.55. The zero-order chi connectivity index (χ0) is 18.9. The van der Waals surface area contributed by atoms with Crippen LogP contribution in [0.15, 0.2) is 48.3 Å². The normalized spacial score (nSPS) is 17.5. The van der Waals surface area contributed by atoms with Crippen molar-refractivity contribution in [2.75, 3.05) is 37.0 Å². The first-order valence-electron chi connectivity index (χ1n) is 9.42. The van der Waals surface area contributed by atoms with Crippen LogP contribution in [0.2, 0.25) is 0 Å². The lowest BCUT2D eigenvalue weighted by Crippen LogP contribution is -2.36. The summed E-state index contributed by atoms with van der Waals surface area (Å²) in [4.78, 5) is 13.2. The molecule has 1 N–H and O–H groups in total. The van der Waals surface area contributed by atoms with Crippen LogP contribution in [0.25, 0.3) is 27.2 Å². The minimum absolute atomic E-state index is 0.731. The van der Waals surface area contributed by atoms with Crippen molar-refractivity contribution in [1.82, 2.24) is 20.2 Å². The van der Waals surface area contributed by atoms with Gasteiger partial charge < -0.3 is 9.64 Å². The summed E-state index contributed by atoms with van der Waals surface area (Å²) in [6.07, 6.45) is 8.03. The summed E-state index contributed by atoms with van der Waals surface area (Å²) >= 11 is 1.88. The fraction of sp³-hybridized carbons (Fsp3) is 0.286. The van der Waals surface area contributed by atoms with E-state index in [1.165, 1.54) is 16.0 Å². The van der Waals surface area contributed by atoms with Crippen LogP contribution in [-0.4, -0.2) is 52.2 Å². The van der Waals surface area contributed by atoms with E-state index in [1.54, 1.807) is 6.20 Å². The molecule has 1 saturated heterocycles. The van der Waals surface area contributed by atoms with Crippen LogP contribution in [0.3, 0.4) is 0 Å². The Morgan fingerprint density at radius 2 is 2.04 bits per heavy atom. The van der Waals surface area contributed by atoms with Crippen molar-refractivity contribution in [3.63, 3.8) is 0 Å². The number of morpholine rings is 1. The second-order valence-electron chi connectivity index (χ2n) is 6.99. The molecule has 0 saturated carbocycles. The highest BCUT2D eigenvalue weighted by atomic mass is 32.2. The number of fused-ring (bicyclic) bond motifs is 1. The Morgan fingerprint density at radius 1 is 1.14 bits per heavy atom. The second-order valence-corrected chi connectivity index (χ2v) is 8.00. The highest BCUT2D eigenvalue weighted by Crippen LogP contribution is 2.39. The smallest absolute Gasteiger partial charge is 0.130 e. The summed E-state index contributed by atoms with van der Waals surface area (Å²) in [6, 6.07) is 6.22. The van der Waals surface area contributed by atoms with Crippen LogP contribution in [0, 0.1) is 0 Å². The molecule has 3 aromatic rings. The highest BCUT2D eigenvalue weighted by Gasteiger charge is 2.20. The minimum Gasteiger partial charge on any atom is -0.378 e. The molecule has 0 aromatic carbocycles. The van der Waals surface area contributed by atoms with Gasteiger partial charge in [0, 0.05) is 47.1 Å². The van der Waals surface area contributed by atoms with Crippen molar-refractivity contribution in [3.05, 3.63) is 53.9 Å². The molecule has 0 radical (unpaired) electrons. The molecule has 142 valence electrons. The van der Waals surface area contributed by atoms with Crippen LogP contribution in [0.4, 0.5) is 5.82 Å². The van der Waals surface area contributed by atoms with E-state index < -0.39 is 0 Å². The molecule has 28 heavy (non-hydrogen) atoms. The highest BCUT2D eigenvalue weighted by molar-refractivity contribution is 8.08. The number of thioether (sulfide) groups is 1. The van der Waals surface area contributed by atoms with Gasteiger partial charge in [-0.05, 0) is 31.2 Å². The molecule has 1 fully saturated rings. The van der Waals surface area contributed by atoms with Crippen molar-refractivity contribution in [3.8, 4) is 11.4 Å². The quantitative estimate of drug-likeness (QED) is 0.731. The van der Waals surface area contributed by atoms with E-state index >= 15 is 0 Å². The van der Waals surface area contributed by atoms with E-state index in [4.69, 9.17) is 9.72 Å². The third-order valence-corrected chi connectivity index (χ3v) is 6.31. The summed E-state index contributed by atoms with van der Waals surface area (Å²) in [7, 11) is 0. The molecule has 5 rings (SSSR count). The van der Waals surface area contributed by atoms with Gasteiger partial charge in [-0.1, -0.05) is 11.6 Å². The summed E-state index contributed by atoms with van der Waals surface area (Å²) in [6.45, 7) is 5.33. The van der Waals surface area contributed by atoms with E-state index in [9.17, 15) is 0 Å². The lowest BCUT2D eigenvalue weighted by molar-refractivity contribution is 0.122. The van der Waals surface area contributed by atoms with Crippen LogP contribution in [0.5, 0.6) is 0 Å². The SMILES string of the molecule is CC1=CC=C(c2cc(N3CCOCC3)nc3c(-c4ccn[nH]4)nccc23)SC1. The van der Waals surface area contributed by atoms with Crippen molar-refractivity contribution >= 4 is 33.4 Å². The first kappa shape index (κ1) is 17.5.